The average Bonchev–Trinajstić information content (AvgIpc) is 2.93. The van der Waals surface area contributed by atoms with Crippen molar-refractivity contribution in [2.75, 3.05) is 6.54 Å². The van der Waals surface area contributed by atoms with Crippen LogP contribution in [0, 0.1) is 6.67 Å². The second-order valence-electron chi connectivity index (χ2n) is 6.06. The van der Waals surface area contributed by atoms with Gasteiger partial charge in [-0.05, 0) is 24.8 Å². The topological polar surface area (TPSA) is 32.5 Å². The zero-order chi connectivity index (χ0) is 14.7. The van der Waals surface area contributed by atoms with Crippen LogP contribution in [0.5, 0.6) is 0 Å². The summed E-state index contributed by atoms with van der Waals surface area (Å²) in [7, 11) is 0. The lowest BCUT2D eigenvalue weighted by molar-refractivity contribution is 0.210. The van der Waals surface area contributed by atoms with Crippen molar-refractivity contribution >= 4 is 5.70 Å². The SMILES string of the molecule is CCCN1[C]N([C@@H]2CCCC[C@H]2N)C(c2ccccc2)=C1. The summed E-state index contributed by atoms with van der Waals surface area (Å²) >= 11 is 0. The summed E-state index contributed by atoms with van der Waals surface area (Å²) < 4.78 is 0. The van der Waals surface area contributed by atoms with Gasteiger partial charge in [-0.2, -0.15) is 0 Å². The molecule has 2 aliphatic rings. The fraction of sp³-hybridized carbons (Fsp3) is 0.500. The third-order valence-corrected chi connectivity index (χ3v) is 4.42. The van der Waals surface area contributed by atoms with E-state index in [1.165, 1.54) is 24.1 Å². The van der Waals surface area contributed by atoms with Crippen molar-refractivity contribution in [1.82, 2.24) is 9.80 Å². The molecular formula is C18H25N3. The van der Waals surface area contributed by atoms with Gasteiger partial charge < -0.3 is 15.5 Å². The first kappa shape index (κ1) is 14.5. The Morgan fingerprint density at radius 1 is 1.19 bits per heavy atom. The van der Waals surface area contributed by atoms with Gasteiger partial charge in [-0.3, -0.25) is 0 Å². The zero-order valence-corrected chi connectivity index (χ0v) is 12.8. The lowest BCUT2D eigenvalue weighted by atomic mass is 9.89. The molecule has 3 heteroatoms. The normalized spacial score (nSPS) is 26.1. The molecule has 1 aliphatic heterocycles. The highest BCUT2D eigenvalue weighted by molar-refractivity contribution is 5.66. The van der Waals surface area contributed by atoms with Crippen molar-refractivity contribution in [1.29, 1.82) is 0 Å². The van der Waals surface area contributed by atoms with E-state index < -0.39 is 0 Å². The Morgan fingerprint density at radius 2 is 1.95 bits per heavy atom. The molecule has 2 atom stereocenters. The summed E-state index contributed by atoms with van der Waals surface area (Å²) in [6, 6.07) is 11.2. The van der Waals surface area contributed by atoms with E-state index in [9.17, 15) is 0 Å². The minimum Gasteiger partial charge on any atom is -0.346 e. The number of nitrogens with two attached hydrogens (primary N) is 1. The first-order chi connectivity index (χ1) is 10.3. The van der Waals surface area contributed by atoms with Crippen LogP contribution in [0.25, 0.3) is 5.70 Å². The Hall–Kier alpha value is -1.48. The van der Waals surface area contributed by atoms with E-state index in [1.807, 2.05) is 0 Å². The summed E-state index contributed by atoms with van der Waals surface area (Å²) in [5, 5.41) is 0. The summed E-state index contributed by atoms with van der Waals surface area (Å²) in [5.74, 6) is 0. The van der Waals surface area contributed by atoms with Crippen LogP contribution in [0.1, 0.15) is 44.6 Å². The van der Waals surface area contributed by atoms with E-state index in [4.69, 9.17) is 5.73 Å². The highest BCUT2D eigenvalue weighted by Crippen LogP contribution is 2.35. The Balaban J connectivity index is 1.86. The van der Waals surface area contributed by atoms with E-state index in [2.05, 4.69) is 59.9 Å². The van der Waals surface area contributed by atoms with Gasteiger partial charge in [-0.15, -0.1) is 0 Å². The molecule has 1 heterocycles. The first-order valence-electron chi connectivity index (χ1n) is 8.14. The van der Waals surface area contributed by atoms with Gasteiger partial charge in [0, 0.05) is 24.8 Å². The maximum absolute atomic E-state index is 6.39. The number of rotatable bonds is 4. The minimum absolute atomic E-state index is 0.250. The van der Waals surface area contributed by atoms with Gasteiger partial charge in [0.05, 0.1) is 5.70 Å². The van der Waals surface area contributed by atoms with Gasteiger partial charge in [-0.1, -0.05) is 50.1 Å². The summed E-state index contributed by atoms with van der Waals surface area (Å²) in [6.07, 6.45) is 8.16. The molecule has 21 heavy (non-hydrogen) atoms. The van der Waals surface area contributed by atoms with Gasteiger partial charge in [0.15, 0.2) is 0 Å². The van der Waals surface area contributed by atoms with Crippen LogP contribution < -0.4 is 5.73 Å². The van der Waals surface area contributed by atoms with Gasteiger partial charge >= 0.3 is 0 Å². The van der Waals surface area contributed by atoms with E-state index in [0.717, 1.165) is 25.8 Å². The largest absolute Gasteiger partial charge is 0.346 e. The highest BCUT2D eigenvalue weighted by atomic mass is 15.4. The second-order valence-corrected chi connectivity index (χ2v) is 6.06. The maximum atomic E-state index is 6.39. The van der Waals surface area contributed by atoms with E-state index in [1.54, 1.807) is 0 Å². The fourth-order valence-corrected chi connectivity index (χ4v) is 3.32. The summed E-state index contributed by atoms with van der Waals surface area (Å²) in [4.78, 5) is 4.48. The number of benzene rings is 1. The molecule has 1 fully saturated rings. The lowest BCUT2D eigenvalue weighted by Gasteiger charge is -2.38. The van der Waals surface area contributed by atoms with Crippen molar-refractivity contribution in [2.24, 2.45) is 5.73 Å². The third-order valence-electron chi connectivity index (χ3n) is 4.42. The first-order valence-corrected chi connectivity index (χ1v) is 8.14. The smallest absolute Gasteiger partial charge is 0.208 e. The molecule has 3 nitrogen and oxygen atoms in total. The predicted molar refractivity (Wildman–Crippen MR) is 86.7 cm³/mol. The van der Waals surface area contributed by atoms with Crippen molar-refractivity contribution in [3.8, 4) is 0 Å². The van der Waals surface area contributed by atoms with Crippen molar-refractivity contribution < 1.29 is 0 Å². The number of nitrogens with zero attached hydrogens (tertiary/aromatic N) is 2. The quantitative estimate of drug-likeness (QED) is 0.920. The number of hydrogen-bond donors (Lipinski definition) is 1. The minimum atomic E-state index is 0.250. The Bertz CT molecular complexity index is 482. The monoisotopic (exact) mass is 283 g/mol. The molecule has 2 radical (unpaired) electrons. The molecule has 3 rings (SSSR count). The van der Waals surface area contributed by atoms with Crippen LogP contribution in [0.3, 0.4) is 0 Å². The Kier molecular flexibility index (Phi) is 4.49. The molecule has 1 aromatic rings. The molecule has 0 aromatic heterocycles. The van der Waals surface area contributed by atoms with Crippen LogP contribution >= 0.6 is 0 Å². The fourth-order valence-electron chi connectivity index (χ4n) is 3.32. The third kappa shape index (κ3) is 3.08. The molecule has 112 valence electrons. The van der Waals surface area contributed by atoms with Crippen molar-refractivity contribution in [3.05, 3.63) is 48.8 Å². The second kappa shape index (κ2) is 6.52. The molecule has 0 spiro atoms. The predicted octanol–water partition coefficient (Wildman–Crippen LogP) is 3.28. The zero-order valence-electron chi connectivity index (χ0n) is 12.8. The van der Waals surface area contributed by atoms with Gasteiger partial charge in [0.25, 0.3) is 0 Å². The molecule has 1 aromatic carbocycles. The van der Waals surface area contributed by atoms with Crippen molar-refractivity contribution in [2.45, 2.75) is 51.1 Å². The lowest BCUT2D eigenvalue weighted by Crippen LogP contribution is -2.47. The highest BCUT2D eigenvalue weighted by Gasteiger charge is 2.34. The van der Waals surface area contributed by atoms with Gasteiger partial charge in [0.2, 0.25) is 6.67 Å². The van der Waals surface area contributed by atoms with E-state index in [-0.39, 0.29) is 6.04 Å². The molecule has 0 saturated heterocycles. The molecule has 0 bridgehead atoms. The molecule has 0 unspecified atom stereocenters. The molecule has 1 aliphatic carbocycles. The molecular weight excluding hydrogens is 258 g/mol. The maximum Gasteiger partial charge on any atom is 0.208 e. The van der Waals surface area contributed by atoms with Crippen LogP contribution in [0.4, 0.5) is 0 Å². The number of hydrogen-bond acceptors (Lipinski definition) is 3. The summed E-state index contributed by atoms with van der Waals surface area (Å²) in [6.45, 7) is 6.74. The molecule has 2 N–H and O–H groups in total. The van der Waals surface area contributed by atoms with E-state index >= 15 is 0 Å². The Labute approximate surface area is 128 Å². The Morgan fingerprint density at radius 3 is 2.67 bits per heavy atom. The standard InChI is InChI=1S/C18H25N3/c1-2-12-20-13-18(15-8-4-3-5-9-15)21(14-20)17-11-7-6-10-16(17)19/h3-5,8-9,13,16-17H,2,6-7,10-12,19H2,1H3/t16-,17-/m1/s1. The van der Waals surface area contributed by atoms with Crippen LogP contribution in [0.15, 0.2) is 36.5 Å². The van der Waals surface area contributed by atoms with Crippen molar-refractivity contribution in [3.63, 3.8) is 0 Å². The summed E-state index contributed by atoms with van der Waals surface area (Å²) in [5.41, 5.74) is 8.88. The van der Waals surface area contributed by atoms with E-state index in [0.29, 0.717) is 6.04 Å². The van der Waals surface area contributed by atoms with Crippen LogP contribution in [-0.2, 0) is 0 Å². The van der Waals surface area contributed by atoms with Gasteiger partial charge in [-0.25, -0.2) is 0 Å². The molecule has 0 amide bonds. The average molecular weight is 283 g/mol. The molecule has 1 saturated carbocycles. The van der Waals surface area contributed by atoms with Crippen LogP contribution in [0.2, 0.25) is 0 Å². The van der Waals surface area contributed by atoms with Crippen LogP contribution in [-0.4, -0.2) is 28.4 Å². The van der Waals surface area contributed by atoms with Gasteiger partial charge in [0.1, 0.15) is 0 Å².